The van der Waals surface area contributed by atoms with E-state index in [-0.39, 0.29) is 5.56 Å². The van der Waals surface area contributed by atoms with Crippen LogP contribution < -0.4 is 5.56 Å². The summed E-state index contributed by atoms with van der Waals surface area (Å²) in [6.45, 7) is 2.19. The molecule has 4 rings (SSSR count). The molecule has 1 saturated carbocycles. The SMILES string of the molecule is CCCCSc1nc2c(c(=O)[nH]1)C(C1CCCCC1)Cc1ccccc1-2. The van der Waals surface area contributed by atoms with Gasteiger partial charge in [-0.2, -0.15) is 0 Å². The number of hydrogen-bond acceptors (Lipinski definition) is 3. The summed E-state index contributed by atoms with van der Waals surface area (Å²) >= 11 is 1.68. The van der Waals surface area contributed by atoms with Crippen LogP contribution in [-0.4, -0.2) is 15.7 Å². The molecule has 1 heterocycles. The molecule has 0 saturated heterocycles. The van der Waals surface area contributed by atoms with Gasteiger partial charge in [-0.1, -0.05) is 68.6 Å². The van der Waals surface area contributed by atoms with E-state index < -0.39 is 0 Å². The van der Waals surface area contributed by atoms with Crippen LogP contribution in [0.15, 0.2) is 34.2 Å². The predicted molar refractivity (Wildman–Crippen MR) is 109 cm³/mol. The molecule has 0 bridgehead atoms. The molecule has 3 nitrogen and oxygen atoms in total. The highest BCUT2D eigenvalue weighted by molar-refractivity contribution is 7.99. The van der Waals surface area contributed by atoms with Crippen molar-refractivity contribution in [3.63, 3.8) is 0 Å². The number of nitrogens with one attached hydrogen (secondary N) is 1. The van der Waals surface area contributed by atoms with Crippen molar-refractivity contribution in [1.82, 2.24) is 9.97 Å². The average Bonchev–Trinajstić information content (AvgIpc) is 2.68. The maximum Gasteiger partial charge on any atom is 0.255 e. The standard InChI is InChI=1S/C22H28N2OS/c1-2-3-13-26-22-23-20-17-12-8-7-11-16(17)14-18(19(20)21(25)24-22)15-9-5-4-6-10-15/h7-8,11-12,15,18H,2-6,9-10,13-14H2,1H3,(H,23,24,25). The highest BCUT2D eigenvalue weighted by atomic mass is 32.2. The molecule has 0 radical (unpaired) electrons. The number of H-pyrrole nitrogens is 1. The maximum atomic E-state index is 13.1. The third-order valence-corrected chi connectivity index (χ3v) is 6.93. The Morgan fingerprint density at radius 1 is 1.19 bits per heavy atom. The summed E-state index contributed by atoms with van der Waals surface area (Å²) in [6.07, 6.45) is 9.73. The largest absolute Gasteiger partial charge is 0.301 e. The molecule has 2 aliphatic carbocycles. The van der Waals surface area contributed by atoms with Crippen molar-refractivity contribution in [3.05, 3.63) is 45.7 Å². The van der Waals surface area contributed by atoms with Crippen molar-refractivity contribution in [2.75, 3.05) is 5.75 Å². The number of aromatic nitrogens is 2. The highest BCUT2D eigenvalue weighted by Crippen LogP contribution is 2.44. The van der Waals surface area contributed by atoms with E-state index in [1.54, 1.807) is 11.8 Å². The quantitative estimate of drug-likeness (QED) is 0.427. The minimum Gasteiger partial charge on any atom is -0.301 e. The van der Waals surface area contributed by atoms with E-state index in [9.17, 15) is 4.79 Å². The van der Waals surface area contributed by atoms with Gasteiger partial charge in [0.25, 0.3) is 5.56 Å². The normalized spacial score (nSPS) is 19.8. The topological polar surface area (TPSA) is 45.8 Å². The zero-order valence-corrected chi connectivity index (χ0v) is 16.4. The first-order valence-electron chi connectivity index (χ1n) is 10.1. The van der Waals surface area contributed by atoms with Crippen molar-refractivity contribution in [3.8, 4) is 11.3 Å². The van der Waals surface area contributed by atoms with Crippen LogP contribution in [0.4, 0.5) is 0 Å². The van der Waals surface area contributed by atoms with Crippen molar-refractivity contribution < 1.29 is 0 Å². The highest BCUT2D eigenvalue weighted by Gasteiger charge is 2.34. The monoisotopic (exact) mass is 368 g/mol. The number of fused-ring (bicyclic) bond motifs is 3. The molecule has 1 unspecified atom stereocenters. The number of aromatic amines is 1. The Labute approximate surface area is 160 Å². The number of thioether (sulfide) groups is 1. The van der Waals surface area contributed by atoms with E-state index in [1.807, 2.05) is 0 Å². The van der Waals surface area contributed by atoms with Gasteiger partial charge in [-0.25, -0.2) is 4.98 Å². The predicted octanol–water partition coefficient (Wildman–Crippen LogP) is 5.55. The number of unbranched alkanes of at least 4 members (excludes halogenated alkanes) is 1. The molecule has 138 valence electrons. The van der Waals surface area contributed by atoms with E-state index in [4.69, 9.17) is 4.98 Å². The second-order valence-electron chi connectivity index (χ2n) is 7.70. The van der Waals surface area contributed by atoms with E-state index in [2.05, 4.69) is 36.2 Å². The third-order valence-electron chi connectivity index (χ3n) is 5.97. The molecule has 2 aromatic rings. The molecule has 1 atom stereocenters. The van der Waals surface area contributed by atoms with Crippen LogP contribution >= 0.6 is 11.8 Å². The van der Waals surface area contributed by atoms with E-state index in [1.165, 1.54) is 37.7 Å². The molecule has 4 heteroatoms. The fourth-order valence-corrected chi connectivity index (χ4v) is 5.55. The van der Waals surface area contributed by atoms with Crippen molar-refractivity contribution in [2.24, 2.45) is 5.92 Å². The summed E-state index contributed by atoms with van der Waals surface area (Å²) in [5, 5.41) is 0.779. The van der Waals surface area contributed by atoms with Crippen LogP contribution in [0.1, 0.15) is 68.9 Å². The van der Waals surface area contributed by atoms with Crippen LogP contribution in [0, 0.1) is 5.92 Å². The Morgan fingerprint density at radius 3 is 2.81 bits per heavy atom. The first kappa shape index (κ1) is 17.8. The summed E-state index contributed by atoms with van der Waals surface area (Å²) < 4.78 is 0. The molecule has 0 aliphatic heterocycles. The zero-order valence-electron chi connectivity index (χ0n) is 15.6. The Hall–Kier alpha value is -1.55. The van der Waals surface area contributed by atoms with Crippen LogP contribution in [-0.2, 0) is 6.42 Å². The van der Waals surface area contributed by atoms with Gasteiger partial charge in [0, 0.05) is 16.9 Å². The summed E-state index contributed by atoms with van der Waals surface area (Å²) in [6, 6.07) is 8.54. The van der Waals surface area contributed by atoms with E-state index in [0.29, 0.717) is 11.8 Å². The molecule has 0 spiro atoms. The first-order valence-corrected chi connectivity index (χ1v) is 11.1. The fraction of sp³-hybridized carbons (Fsp3) is 0.545. The Balaban J connectivity index is 1.77. The smallest absolute Gasteiger partial charge is 0.255 e. The average molecular weight is 369 g/mol. The number of benzene rings is 1. The summed E-state index contributed by atoms with van der Waals surface area (Å²) in [7, 11) is 0. The molecule has 26 heavy (non-hydrogen) atoms. The van der Waals surface area contributed by atoms with Crippen LogP contribution in [0.3, 0.4) is 0 Å². The second kappa shape index (κ2) is 7.99. The maximum absolute atomic E-state index is 13.1. The van der Waals surface area contributed by atoms with Gasteiger partial charge in [-0.05, 0) is 43.1 Å². The van der Waals surface area contributed by atoms with E-state index >= 15 is 0 Å². The zero-order chi connectivity index (χ0) is 17.9. The fourth-order valence-electron chi connectivity index (χ4n) is 4.60. The van der Waals surface area contributed by atoms with Gasteiger partial charge < -0.3 is 4.98 Å². The van der Waals surface area contributed by atoms with Crippen molar-refractivity contribution >= 4 is 11.8 Å². The van der Waals surface area contributed by atoms with Gasteiger partial charge in [-0.3, -0.25) is 4.79 Å². The lowest BCUT2D eigenvalue weighted by Crippen LogP contribution is -2.30. The molecule has 1 aromatic heterocycles. The Morgan fingerprint density at radius 2 is 2.00 bits per heavy atom. The van der Waals surface area contributed by atoms with Crippen LogP contribution in [0.2, 0.25) is 0 Å². The minimum atomic E-state index is 0.0964. The summed E-state index contributed by atoms with van der Waals surface area (Å²) in [5.74, 6) is 1.95. The molecule has 1 N–H and O–H groups in total. The first-order chi connectivity index (χ1) is 12.8. The number of hydrogen-bond donors (Lipinski definition) is 1. The summed E-state index contributed by atoms with van der Waals surface area (Å²) in [5.41, 5.74) is 4.52. The van der Waals surface area contributed by atoms with E-state index in [0.717, 1.165) is 47.0 Å². The Bertz CT molecular complexity index is 823. The summed E-state index contributed by atoms with van der Waals surface area (Å²) in [4.78, 5) is 21.1. The lowest BCUT2D eigenvalue weighted by atomic mass is 9.70. The second-order valence-corrected chi connectivity index (χ2v) is 8.78. The van der Waals surface area contributed by atoms with Crippen molar-refractivity contribution in [1.29, 1.82) is 0 Å². The minimum absolute atomic E-state index is 0.0964. The van der Waals surface area contributed by atoms with Gasteiger partial charge in [0.1, 0.15) is 0 Å². The molecular formula is C22H28N2OS. The van der Waals surface area contributed by atoms with Crippen LogP contribution in [0.5, 0.6) is 0 Å². The molecule has 0 amide bonds. The molecule has 1 aromatic carbocycles. The van der Waals surface area contributed by atoms with Gasteiger partial charge in [0.05, 0.1) is 5.69 Å². The van der Waals surface area contributed by atoms with Gasteiger partial charge >= 0.3 is 0 Å². The number of nitrogens with zero attached hydrogens (tertiary/aromatic N) is 1. The Kier molecular flexibility index (Phi) is 5.49. The van der Waals surface area contributed by atoms with Gasteiger partial charge in [0.15, 0.2) is 5.16 Å². The lowest BCUT2D eigenvalue weighted by Gasteiger charge is -2.34. The van der Waals surface area contributed by atoms with Crippen LogP contribution in [0.25, 0.3) is 11.3 Å². The third kappa shape index (κ3) is 3.48. The van der Waals surface area contributed by atoms with Gasteiger partial charge in [-0.15, -0.1) is 0 Å². The molecule has 1 fully saturated rings. The lowest BCUT2D eigenvalue weighted by molar-refractivity contribution is 0.299. The van der Waals surface area contributed by atoms with Crippen molar-refractivity contribution in [2.45, 2.75) is 69.4 Å². The number of rotatable bonds is 5. The van der Waals surface area contributed by atoms with Gasteiger partial charge in [0.2, 0.25) is 0 Å². The molecular weight excluding hydrogens is 340 g/mol. The molecule has 2 aliphatic rings.